The Balaban J connectivity index is 1.39. The number of benzene rings is 2. The molecule has 1 aliphatic carbocycles. The number of carbonyl (C=O) groups excluding carboxylic acids is 2. The van der Waals surface area contributed by atoms with Crippen molar-refractivity contribution in [3.05, 3.63) is 66.1 Å². The first-order valence-corrected chi connectivity index (χ1v) is 12.0. The number of nitrogen functional groups attached to an aromatic ring is 1. The minimum absolute atomic E-state index is 0.218. The van der Waals surface area contributed by atoms with Gasteiger partial charge in [0.25, 0.3) is 0 Å². The fourth-order valence-electron chi connectivity index (χ4n) is 4.81. The van der Waals surface area contributed by atoms with Crippen LogP contribution in [-0.2, 0) is 0 Å². The molecule has 1 aliphatic rings. The Bertz CT molecular complexity index is 1450. The van der Waals surface area contributed by atoms with E-state index in [1.165, 1.54) is 20.5 Å². The van der Waals surface area contributed by atoms with Crippen LogP contribution in [-0.4, -0.2) is 40.6 Å². The van der Waals surface area contributed by atoms with Gasteiger partial charge < -0.3 is 30.4 Å². The summed E-state index contributed by atoms with van der Waals surface area (Å²) in [7, 11) is 3.07. The lowest BCUT2D eigenvalue weighted by molar-refractivity contribution is 0.104. The molecule has 2 aromatic carbocycles. The van der Waals surface area contributed by atoms with Crippen LogP contribution in [0.4, 0.5) is 22.0 Å². The molecule has 4 N–H and O–H groups in total. The third-order valence-corrected chi connectivity index (χ3v) is 6.59. The number of carbonyl (C=O) groups is 2. The fraction of sp³-hybridized carbons (Fsp3) is 0.259. The Hall–Kier alpha value is -4.60. The van der Waals surface area contributed by atoms with Crippen molar-refractivity contribution in [2.24, 2.45) is 0 Å². The summed E-state index contributed by atoms with van der Waals surface area (Å²) >= 11 is 0. The second-order valence-corrected chi connectivity index (χ2v) is 8.94. The zero-order valence-electron chi connectivity index (χ0n) is 20.7. The molecule has 1 saturated carbocycles. The van der Waals surface area contributed by atoms with Crippen molar-refractivity contribution in [1.29, 1.82) is 0 Å². The largest absolute Gasteiger partial charge is 0.497 e. The van der Waals surface area contributed by atoms with Crippen molar-refractivity contribution in [2.75, 3.05) is 30.6 Å². The number of ketones is 1. The standard InChI is InChI=1S/C27H28N6O4/c1-36-20-11-18(12-21(13-20)37-2)32-27(35)31-17-7-5-6-16(10-17)24(34)22-14-33(19-8-3-4-9-19)26-23(22)25(28)29-15-30-26/h5-7,10-15,19H,3-4,8-9H2,1-2H3,(H2,28,29,30)(H2,31,32,35). The summed E-state index contributed by atoms with van der Waals surface area (Å²) in [5, 5.41) is 6.09. The van der Waals surface area contributed by atoms with Gasteiger partial charge in [0.2, 0.25) is 0 Å². The maximum atomic E-state index is 13.6. The van der Waals surface area contributed by atoms with Gasteiger partial charge in [-0.2, -0.15) is 0 Å². The predicted octanol–water partition coefficient (Wildman–Crippen LogP) is 5.02. The van der Waals surface area contributed by atoms with Crippen molar-refractivity contribution in [2.45, 2.75) is 31.7 Å². The van der Waals surface area contributed by atoms with Gasteiger partial charge in [-0.1, -0.05) is 25.0 Å². The van der Waals surface area contributed by atoms with E-state index in [0.717, 1.165) is 25.7 Å². The number of hydrogen-bond donors (Lipinski definition) is 3. The van der Waals surface area contributed by atoms with Gasteiger partial charge >= 0.3 is 6.03 Å². The average molecular weight is 501 g/mol. The van der Waals surface area contributed by atoms with E-state index in [4.69, 9.17) is 15.2 Å². The molecule has 0 radical (unpaired) electrons. The summed E-state index contributed by atoms with van der Waals surface area (Å²) in [6.07, 6.45) is 7.64. The van der Waals surface area contributed by atoms with Crippen LogP contribution in [0.5, 0.6) is 11.5 Å². The van der Waals surface area contributed by atoms with Crippen molar-refractivity contribution in [3.8, 4) is 11.5 Å². The highest BCUT2D eigenvalue weighted by Gasteiger charge is 2.25. The van der Waals surface area contributed by atoms with Crippen LogP contribution in [0, 0.1) is 0 Å². The number of aromatic nitrogens is 3. The van der Waals surface area contributed by atoms with Gasteiger partial charge in [0.1, 0.15) is 29.3 Å². The molecule has 4 aromatic rings. The van der Waals surface area contributed by atoms with Crippen LogP contribution in [0.1, 0.15) is 47.6 Å². The Morgan fingerprint density at radius 3 is 2.38 bits per heavy atom. The molecule has 1 fully saturated rings. The lowest BCUT2D eigenvalue weighted by atomic mass is 10.0. The predicted molar refractivity (Wildman–Crippen MR) is 142 cm³/mol. The number of fused-ring (bicyclic) bond motifs is 1. The number of methoxy groups -OCH3 is 2. The van der Waals surface area contributed by atoms with Crippen molar-refractivity contribution >= 4 is 40.0 Å². The van der Waals surface area contributed by atoms with Crippen molar-refractivity contribution in [3.63, 3.8) is 0 Å². The Morgan fingerprint density at radius 1 is 0.973 bits per heavy atom. The Morgan fingerprint density at radius 2 is 1.68 bits per heavy atom. The molecule has 0 unspecified atom stereocenters. The fourth-order valence-corrected chi connectivity index (χ4v) is 4.81. The molecule has 2 amide bonds. The highest BCUT2D eigenvalue weighted by Crippen LogP contribution is 2.35. The van der Waals surface area contributed by atoms with Gasteiger partial charge in [0.15, 0.2) is 5.78 Å². The third-order valence-electron chi connectivity index (χ3n) is 6.59. The number of hydrogen-bond acceptors (Lipinski definition) is 7. The molecular formula is C27H28N6O4. The number of urea groups is 1. The van der Waals surface area contributed by atoms with E-state index in [1.54, 1.807) is 42.5 Å². The first-order chi connectivity index (χ1) is 18.0. The van der Waals surface area contributed by atoms with Gasteiger partial charge in [0, 0.05) is 47.4 Å². The molecular weight excluding hydrogens is 472 g/mol. The minimum atomic E-state index is -0.476. The Kier molecular flexibility index (Phi) is 6.63. The van der Waals surface area contributed by atoms with Crippen LogP contribution < -0.4 is 25.8 Å². The molecule has 2 heterocycles. The van der Waals surface area contributed by atoms with Crippen LogP contribution >= 0.6 is 0 Å². The number of rotatable bonds is 7. The zero-order chi connectivity index (χ0) is 25.9. The summed E-state index contributed by atoms with van der Waals surface area (Å²) in [4.78, 5) is 34.9. The summed E-state index contributed by atoms with van der Waals surface area (Å²) in [6, 6.07) is 11.6. The lowest BCUT2D eigenvalue weighted by Gasteiger charge is -2.12. The molecule has 0 bridgehead atoms. The Labute approximate surface area is 213 Å². The normalized spacial score (nSPS) is 13.5. The smallest absolute Gasteiger partial charge is 0.323 e. The SMILES string of the molecule is COc1cc(NC(=O)Nc2cccc(C(=O)c3cn(C4CCCC4)c4ncnc(N)c34)c2)cc(OC)c1. The molecule has 37 heavy (non-hydrogen) atoms. The second-order valence-electron chi connectivity index (χ2n) is 8.94. The van der Waals surface area contributed by atoms with Crippen molar-refractivity contribution in [1.82, 2.24) is 14.5 Å². The maximum Gasteiger partial charge on any atom is 0.323 e. The van der Waals surface area contributed by atoms with Crippen LogP contribution in [0.25, 0.3) is 11.0 Å². The summed E-state index contributed by atoms with van der Waals surface area (Å²) in [6.45, 7) is 0. The molecule has 10 heteroatoms. The van der Waals surface area contributed by atoms with Gasteiger partial charge in [-0.15, -0.1) is 0 Å². The van der Waals surface area contributed by atoms with E-state index < -0.39 is 6.03 Å². The monoisotopic (exact) mass is 500 g/mol. The van der Waals surface area contributed by atoms with E-state index >= 15 is 0 Å². The number of nitrogens with two attached hydrogens (primary N) is 1. The number of ether oxygens (including phenoxy) is 2. The van der Waals surface area contributed by atoms with Gasteiger partial charge in [-0.25, -0.2) is 14.8 Å². The van der Waals surface area contributed by atoms with Crippen molar-refractivity contribution < 1.29 is 19.1 Å². The van der Waals surface area contributed by atoms with E-state index in [1.807, 2.05) is 6.20 Å². The van der Waals surface area contributed by atoms with E-state index in [-0.39, 0.29) is 17.6 Å². The maximum absolute atomic E-state index is 13.6. The molecule has 190 valence electrons. The summed E-state index contributed by atoms with van der Waals surface area (Å²) in [5.74, 6) is 1.14. The summed E-state index contributed by atoms with van der Waals surface area (Å²) in [5.41, 5.74) is 8.68. The molecule has 0 spiro atoms. The number of anilines is 3. The average Bonchev–Trinajstić information content (AvgIpc) is 3.57. The van der Waals surface area contributed by atoms with Gasteiger partial charge in [-0.3, -0.25) is 4.79 Å². The third kappa shape index (κ3) is 4.90. The molecule has 0 saturated heterocycles. The topological polar surface area (TPSA) is 133 Å². The molecule has 0 aliphatic heterocycles. The van der Waals surface area contributed by atoms with Gasteiger partial charge in [-0.05, 0) is 25.0 Å². The molecule has 10 nitrogen and oxygen atoms in total. The first kappa shape index (κ1) is 24.1. The molecule has 5 rings (SSSR count). The lowest BCUT2D eigenvalue weighted by Crippen LogP contribution is -2.19. The molecule has 2 aromatic heterocycles. The van der Waals surface area contributed by atoms with E-state index in [0.29, 0.717) is 45.0 Å². The quantitative estimate of drug-likeness (QED) is 0.303. The zero-order valence-corrected chi connectivity index (χ0v) is 20.7. The highest BCUT2D eigenvalue weighted by molar-refractivity contribution is 6.18. The second kappa shape index (κ2) is 10.2. The van der Waals surface area contributed by atoms with Crippen LogP contribution in [0.2, 0.25) is 0 Å². The van der Waals surface area contributed by atoms with Crippen LogP contribution in [0.15, 0.2) is 55.0 Å². The first-order valence-electron chi connectivity index (χ1n) is 12.0. The van der Waals surface area contributed by atoms with E-state index in [9.17, 15) is 9.59 Å². The van der Waals surface area contributed by atoms with E-state index in [2.05, 4.69) is 25.2 Å². The number of nitrogens with zero attached hydrogens (tertiary/aromatic N) is 3. The minimum Gasteiger partial charge on any atom is -0.497 e. The number of nitrogens with one attached hydrogen (secondary N) is 2. The molecule has 0 atom stereocenters. The van der Waals surface area contributed by atoms with Gasteiger partial charge in [0.05, 0.1) is 25.2 Å². The summed E-state index contributed by atoms with van der Waals surface area (Å²) < 4.78 is 12.6. The number of amides is 2. The highest BCUT2D eigenvalue weighted by atomic mass is 16.5. The van der Waals surface area contributed by atoms with Crippen LogP contribution in [0.3, 0.4) is 0 Å².